The van der Waals surface area contributed by atoms with Gasteiger partial charge >= 0.3 is 0 Å². The number of ketones is 1. The number of hydrogen-bond donors (Lipinski definition) is 1. The van der Waals surface area contributed by atoms with Crippen LogP contribution in [0.3, 0.4) is 0 Å². The van der Waals surface area contributed by atoms with E-state index in [1.165, 1.54) is 33.5 Å². The van der Waals surface area contributed by atoms with Gasteiger partial charge in [0.1, 0.15) is 5.76 Å². The normalized spacial score (nSPS) is 20.7. The number of ether oxygens (including phenoxy) is 2. The van der Waals surface area contributed by atoms with Crippen LogP contribution in [0, 0.1) is 6.92 Å². The molecule has 2 aromatic carbocycles. The van der Waals surface area contributed by atoms with Gasteiger partial charge in [0, 0.05) is 38.9 Å². The molecular weight excluding hydrogens is 484 g/mol. The summed E-state index contributed by atoms with van der Waals surface area (Å²) in [5, 5.41) is 11.2. The van der Waals surface area contributed by atoms with Crippen LogP contribution in [0.5, 0.6) is 0 Å². The smallest absolute Gasteiger partial charge is 0.295 e. The van der Waals surface area contributed by atoms with E-state index in [4.69, 9.17) is 9.47 Å². The van der Waals surface area contributed by atoms with Gasteiger partial charge in [-0.1, -0.05) is 29.8 Å². The lowest BCUT2D eigenvalue weighted by Crippen LogP contribution is -2.40. The Bertz CT molecular complexity index is 1250. The lowest BCUT2D eigenvalue weighted by molar-refractivity contribution is -0.140. The van der Waals surface area contributed by atoms with E-state index in [0.717, 1.165) is 5.56 Å². The standard InChI is InChI=1S/C26H30N2O7S/c1-18-4-6-19(7-5-18)23-22(25(30)26(31)28(23)12-3-15-34-2)24(29)20-8-10-21(11-9-20)36(32,33)27-13-16-35-17-14-27/h4-11,23,29H,3,12-17H2,1-2H3/b24-22-. The summed E-state index contributed by atoms with van der Waals surface area (Å²) in [6, 6.07) is 12.4. The molecule has 36 heavy (non-hydrogen) atoms. The summed E-state index contributed by atoms with van der Waals surface area (Å²) < 4.78 is 37.6. The molecule has 2 aliphatic rings. The van der Waals surface area contributed by atoms with Gasteiger partial charge in [-0.05, 0) is 43.2 Å². The fourth-order valence-electron chi connectivity index (χ4n) is 4.46. The van der Waals surface area contributed by atoms with E-state index in [1.54, 1.807) is 7.11 Å². The molecule has 2 fully saturated rings. The maximum absolute atomic E-state index is 13.1. The van der Waals surface area contributed by atoms with Gasteiger partial charge in [-0.3, -0.25) is 9.59 Å². The summed E-state index contributed by atoms with van der Waals surface area (Å²) in [5.41, 5.74) is 1.95. The largest absolute Gasteiger partial charge is 0.507 e. The number of benzene rings is 2. The number of methoxy groups -OCH3 is 1. The van der Waals surface area contributed by atoms with E-state index in [2.05, 4.69) is 0 Å². The first-order valence-corrected chi connectivity index (χ1v) is 13.2. The second-order valence-corrected chi connectivity index (χ2v) is 10.7. The molecule has 1 N–H and O–H groups in total. The highest BCUT2D eigenvalue weighted by molar-refractivity contribution is 7.89. The number of morpholine rings is 1. The minimum Gasteiger partial charge on any atom is -0.507 e. The molecule has 2 heterocycles. The number of hydrogen-bond acceptors (Lipinski definition) is 7. The zero-order valence-electron chi connectivity index (χ0n) is 20.3. The molecule has 9 nitrogen and oxygen atoms in total. The van der Waals surface area contributed by atoms with Crippen molar-refractivity contribution < 1.29 is 32.6 Å². The number of carbonyl (C=O) groups excluding carboxylic acids is 2. The Kier molecular flexibility index (Phi) is 7.89. The monoisotopic (exact) mass is 514 g/mol. The molecule has 2 saturated heterocycles. The van der Waals surface area contributed by atoms with Crippen molar-refractivity contribution in [1.29, 1.82) is 0 Å². The van der Waals surface area contributed by atoms with E-state index >= 15 is 0 Å². The van der Waals surface area contributed by atoms with Crippen LogP contribution in [-0.4, -0.2) is 81.0 Å². The maximum Gasteiger partial charge on any atom is 0.295 e. The lowest BCUT2D eigenvalue weighted by Gasteiger charge is -2.26. The molecule has 1 amide bonds. The SMILES string of the molecule is COCCCN1C(=O)C(=O)/C(=C(\O)c2ccc(S(=O)(=O)N3CCOCC3)cc2)C1c1ccc(C)cc1. The van der Waals surface area contributed by atoms with Gasteiger partial charge < -0.3 is 19.5 Å². The minimum atomic E-state index is -3.71. The molecule has 4 rings (SSSR count). The Morgan fingerprint density at radius 1 is 1.06 bits per heavy atom. The average molecular weight is 515 g/mol. The van der Waals surface area contributed by atoms with E-state index in [1.807, 2.05) is 31.2 Å². The van der Waals surface area contributed by atoms with Crippen LogP contribution in [0.2, 0.25) is 0 Å². The van der Waals surface area contributed by atoms with Gasteiger partial charge in [0.05, 0.1) is 29.7 Å². The first-order chi connectivity index (χ1) is 17.3. The number of likely N-dealkylation sites (tertiary alicyclic amines) is 1. The van der Waals surface area contributed by atoms with Crippen LogP contribution in [0.15, 0.2) is 59.0 Å². The second kappa shape index (κ2) is 10.9. The van der Waals surface area contributed by atoms with Crippen molar-refractivity contribution in [2.24, 2.45) is 0 Å². The molecule has 0 saturated carbocycles. The number of sulfonamides is 1. The molecule has 2 aliphatic heterocycles. The Hall–Kier alpha value is -3.05. The van der Waals surface area contributed by atoms with Crippen LogP contribution in [0.4, 0.5) is 0 Å². The van der Waals surface area contributed by atoms with Crippen LogP contribution in [0.25, 0.3) is 5.76 Å². The molecule has 2 aromatic rings. The number of aliphatic hydroxyl groups excluding tert-OH is 1. The van der Waals surface area contributed by atoms with Crippen molar-refractivity contribution in [3.05, 3.63) is 70.8 Å². The molecule has 1 atom stereocenters. The fourth-order valence-corrected chi connectivity index (χ4v) is 5.87. The zero-order chi connectivity index (χ0) is 25.9. The average Bonchev–Trinajstić information content (AvgIpc) is 3.14. The summed E-state index contributed by atoms with van der Waals surface area (Å²) in [5.74, 6) is -1.81. The molecule has 192 valence electrons. The Labute approximate surface area is 211 Å². The quantitative estimate of drug-likeness (QED) is 0.249. The van der Waals surface area contributed by atoms with Gasteiger partial charge in [0.15, 0.2) is 0 Å². The number of Topliss-reactive ketones (excluding diaryl/α,β-unsaturated/α-hetero) is 1. The summed E-state index contributed by atoms with van der Waals surface area (Å²) in [4.78, 5) is 27.6. The molecule has 0 aliphatic carbocycles. The number of rotatable bonds is 8. The highest BCUT2D eigenvalue weighted by Crippen LogP contribution is 2.39. The first kappa shape index (κ1) is 26.0. The van der Waals surface area contributed by atoms with Crippen LogP contribution >= 0.6 is 0 Å². The third kappa shape index (κ3) is 5.08. The van der Waals surface area contributed by atoms with Crippen molar-refractivity contribution in [3.8, 4) is 0 Å². The Morgan fingerprint density at radius 3 is 2.31 bits per heavy atom. The maximum atomic E-state index is 13.1. The Balaban J connectivity index is 1.71. The van der Waals surface area contributed by atoms with E-state index in [-0.39, 0.29) is 41.4 Å². The predicted molar refractivity (Wildman–Crippen MR) is 133 cm³/mol. The summed E-state index contributed by atoms with van der Waals surface area (Å²) in [7, 11) is -2.14. The molecule has 0 aromatic heterocycles. The van der Waals surface area contributed by atoms with Gasteiger partial charge in [0.25, 0.3) is 11.7 Å². The molecule has 0 bridgehead atoms. The topological polar surface area (TPSA) is 113 Å². The van der Waals surface area contributed by atoms with E-state index in [9.17, 15) is 23.1 Å². The number of amides is 1. The van der Waals surface area contributed by atoms with Crippen LogP contribution in [0.1, 0.15) is 29.2 Å². The van der Waals surface area contributed by atoms with Gasteiger partial charge in [-0.2, -0.15) is 4.31 Å². The molecule has 1 unspecified atom stereocenters. The van der Waals surface area contributed by atoms with Crippen molar-refractivity contribution in [1.82, 2.24) is 9.21 Å². The molecular formula is C26H30N2O7S. The summed E-state index contributed by atoms with van der Waals surface area (Å²) in [6.45, 7) is 3.85. The summed E-state index contributed by atoms with van der Waals surface area (Å²) >= 11 is 0. The van der Waals surface area contributed by atoms with E-state index < -0.39 is 27.8 Å². The highest BCUT2D eigenvalue weighted by Gasteiger charge is 2.45. The van der Waals surface area contributed by atoms with Gasteiger partial charge in [-0.25, -0.2) is 8.42 Å². The summed E-state index contributed by atoms with van der Waals surface area (Å²) in [6.07, 6.45) is 0.528. The number of aryl methyl sites for hydroxylation is 1. The number of aliphatic hydroxyl groups is 1. The number of carbonyl (C=O) groups is 2. The number of nitrogens with zero attached hydrogens (tertiary/aromatic N) is 2. The molecule has 0 radical (unpaired) electrons. The van der Waals surface area contributed by atoms with Crippen molar-refractivity contribution in [3.63, 3.8) is 0 Å². The lowest BCUT2D eigenvalue weighted by atomic mass is 9.94. The van der Waals surface area contributed by atoms with Crippen molar-refractivity contribution in [2.75, 3.05) is 46.6 Å². The fraction of sp³-hybridized carbons (Fsp3) is 0.385. The minimum absolute atomic E-state index is 0.0231. The third-order valence-corrected chi connectivity index (χ3v) is 8.33. The van der Waals surface area contributed by atoms with E-state index in [0.29, 0.717) is 31.8 Å². The Morgan fingerprint density at radius 2 is 1.69 bits per heavy atom. The predicted octanol–water partition coefficient (Wildman–Crippen LogP) is 2.47. The van der Waals surface area contributed by atoms with Gasteiger partial charge in [-0.15, -0.1) is 0 Å². The molecule has 0 spiro atoms. The van der Waals surface area contributed by atoms with Crippen molar-refractivity contribution >= 4 is 27.5 Å². The first-order valence-electron chi connectivity index (χ1n) is 11.8. The zero-order valence-corrected chi connectivity index (χ0v) is 21.2. The molecule has 10 heteroatoms. The second-order valence-electron chi connectivity index (χ2n) is 8.79. The van der Waals surface area contributed by atoms with Crippen LogP contribution in [-0.2, 0) is 29.1 Å². The van der Waals surface area contributed by atoms with Gasteiger partial charge in [0.2, 0.25) is 10.0 Å². The van der Waals surface area contributed by atoms with Crippen LogP contribution < -0.4 is 0 Å². The highest BCUT2D eigenvalue weighted by atomic mass is 32.2. The third-order valence-electron chi connectivity index (χ3n) is 6.42. The van der Waals surface area contributed by atoms with Crippen molar-refractivity contribution in [2.45, 2.75) is 24.3 Å².